The molecule has 0 aliphatic carbocycles. The summed E-state index contributed by atoms with van der Waals surface area (Å²) in [6, 6.07) is 10.0. The van der Waals surface area contributed by atoms with Crippen molar-refractivity contribution in [2.75, 3.05) is 20.1 Å². The molecule has 1 aliphatic heterocycles. The smallest absolute Gasteiger partial charge is 0.254 e. The first-order chi connectivity index (χ1) is 9.66. The molecule has 1 unspecified atom stereocenters. The topological polar surface area (TPSA) is 45.2 Å². The number of halogens is 2. The number of hydrogen-bond acceptors (Lipinski definition) is 3. The van der Waals surface area contributed by atoms with Crippen molar-refractivity contribution in [2.24, 2.45) is 0 Å². The van der Waals surface area contributed by atoms with Crippen LogP contribution in [0.4, 0.5) is 0 Å². The standard InChI is InChI=1S/C16H19N3O.2ClH/c1-11-9-14(13-5-3-4-6-15(13)18-11)16(20)19(2)12-7-8-17-10-12;;/h3-6,9,12,17H,7-8,10H2,1-2H3;2*1H. The second-order valence-electron chi connectivity index (χ2n) is 5.39. The minimum Gasteiger partial charge on any atom is -0.337 e. The van der Waals surface area contributed by atoms with Gasteiger partial charge < -0.3 is 10.2 Å². The highest BCUT2D eigenvalue weighted by molar-refractivity contribution is 6.06. The first-order valence-corrected chi connectivity index (χ1v) is 7.01. The minimum atomic E-state index is 0. The molecule has 22 heavy (non-hydrogen) atoms. The fourth-order valence-electron chi connectivity index (χ4n) is 2.81. The van der Waals surface area contributed by atoms with E-state index in [1.165, 1.54) is 0 Å². The third kappa shape index (κ3) is 3.51. The molecular weight excluding hydrogens is 321 g/mol. The van der Waals surface area contributed by atoms with Crippen molar-refractivity contribution < 1.29 is 4.79 Å². The molecule has 1 aromatic heterocycles. The van der Waals surface area contributed by atoms with Gasteiger partial charge in [-0.05, 0) is 32.0 Å². The van der Waals surface area contributed by atoms with E-state index in [1.54, 1.807) is 0 Å². The molecule has 6 heteroatoms. The number of rotatable bonds is 2. The highest BCUT2D eigenvalue weighted by atomic mass is 35.5. The van der Waals surface area contributed by atoms with Gasteiger partial charge in [0.25, 0.3) is 5.91 Å². The Morgan fingerprint density at radius 1 is 1.32 bits per heavy atom. The van der Waals surface area contributed by atoms with Gasteiger partial charge >= 0.3 is 0 Å². The number of carbonyl (C=O) groups excluding carboxylic acids is 1. The second kappa shape index (κ2) is 7.77. The predicted octanol–water partition coefficient (Wildman–Crippen LogP) is 2.82. The summed E-state index contributed by atoms with van der Waals surface area (Å²) in [5.41, 5.74) is 2.52. The molecule has 0 spiro atoms. The van der Waals surface area contributed by atoms with Crippen LogP contribution in [0.1, 0.15) is 22.5 Å². The van der Waals surface area contributed by atoms with Crippen molar-refractivity contribution >= 4 is 41.6 Å². The van der Waals surface area contributed by atoms with E-state index in [1.807, 2.05) is 49.2 Å². The van der Waals surface area contributed by atoms with Gasteiger partial charge in [0, 0.05) is 30.7 Å². The molecule has 2 aromatic rings. The largest absolute Gasteiger partial charge is 0.337 e. The fraction of sp³-hybridized carbons (Fsp3) is 0.375. The maximum Gasteiger partial charge on any atom is 0.254 e. The summed E-state index contributed by atoms with van der Waals surface area (Å²) in [6.07, 6.45) is 1.02. The van der Waals surface area contributed by atoms with E-state index in [2.05, 4.69) is 10.3 Å². The van der Waals surface area contributed by atoms with Crippen molar-refractivity contribution in [1.82, 2.24) is 15.2 Å². The lowest BCUT2D eigenvalue weighted by Crippen LogP contribution is -2.38. The minimum absolute atomic E-state index is 0. The van der Waals surface area contributed by atoms with Crippen molar-refractivity contribution in [3.8, 4) is 0 Å². The van der Waals surface area contributed by atoms with E-state index in [0.29, 0.717) is 0 Å². The maximum atomic E-state index is 12.8. The van der Waals surface area contributed by atoms with Gasteiger partial charge in [-0.1, -0.05) is 18.2 Å². The molecule has 4 nitrogen and oxygen atoms in total. The Kier molecular flexibility index (Phi) is 6.60. The Balaban J connectivity index is 0.00000121. The highest BCUT2D eigenvalue weighted by Crippen LogP contribution is 2.21. The molecule has 2 heterocycles. The van der Waals surface area contributed by atoms with Crippen LogP contribution in [0, 0.1) is 6.92 Å². The maximum absolute atomic E-state index is 12.8. The lowest BCUT2D eigenvalue weighted by Gasteiger charge is -2.24. The van der Waals surface area contributed by atoms with Crippen LogP contribution in [0.15, 0.2) is 30.3 Å². The zero-order valence-corrected chi connectivity index (χ0v) is 14.3. The molecule has 120 valence electrons. The summed E-state index contributed by atoms with van der Waals surface area (Å²) in [7, 11) is 1.89. The van der Waals surface area contributed by atoms with Gasteiger partial charge in [0.15, 0.2) is 0 Å². The van der Waals surface area contributed by atoms with Crippen LogP contribution in [0.2, 0.25) is 0 Å². The van der Waals surface area contributed by atoms with E-state index in [9.17, 15) is 4.79 Å². The number of aromatic nitrogens is 1. The molecule has 1 atom stereocenters. The SMILES string of the molecule is Cc1cc(C(=O)N(C)C2CCNC2)c2ccccc2n1.Cl.Cl. The average molecular weight is 342 g/mol. The Bertz CT molecular complexity index is 657. The summed E-state index contributed by atoms with van der Waals surface area (Å²) in [4.78, 5) is 19.1. The third-order valence-corrected chi connectivity index (χ3v) is 3.98. The number of pyridine rings is 1. The number of benzene rings is 1. The number of para-hydroxylation sites is 1. The average Bonchev–Trinajstić information content (AvgIpc) is 2.99. The van der Waals surface area contributed by atoms with Crippen LogP contribution in [0.3, 0.4) is 0 Å². The summed E-state index contributed by atoms with van der Waals surface area (Å²) in [5.74, 6) is 0.0837. The van der Waals surface area contributed by atoms with Crippen LogP contribution >= 0.6 is 24.8 Å². The predicted molar refractivity (Wildman–Crippen MR) is 94.3 cm³/mol. The lowest BCUT2D eigenvalue weighted by molar-refractivity contribution is 0.0745. The summed E-state index contributed by atoms with van der Waals surface area (Å²) in [5, 5.41) is 4.23. The van der Waals surface area contributed by atoms with Gasteiger partial charge in [0.2, 0.25) is 0 Å². The molecule has 1 aliphatic rings. The van der Waals surface area contributed by atoms with Gasteiger partial charge in [-0.25, -0.2) is 0 Å². The molecule has 1 saturated heterocycles. The Morgan fingerprint density at radius 2 is 2.05 bits per heavy atom. The second-order valence-corrected chi connectivity index (χ2v) is 5.39. The van der Waals surface area contributed by atoms with Crippen LogP contribution in [-0.4, -0.2) is 42.0 Å². The third-order valence-electron chi connectivity index (χ3n) is 3.98. The molecular formula is C16H21Cl2N3O. The zero-order chi connectivity index (χ0) is 14.1. The van der Waals surface area contributed by atoms with E-state index < -0.39 is 0 Å². The summed E-state index contributed by atoms with van der Waals surface area (Å²) >= 11 is 0. The van der Waals surface area contributed by atoms with Gasteiger partial charge in [0.05, 0.1) is 11.1 Å². The van der Waals surface area contributed by atoms with E-state index >= 15 is 0 Å². The first kappa shape index (κ1) is 18.7. The number of carbonyl (C=O) groups is 1. The molecule has 1 amide bonds. The monoisotopic (exact) mass is 341 g/mol. The molecule has 0 radical (unpaired) electrons. The Morgan fingerprint density at radius 3 is 2.73 bits per heavy atom. The molecule has 0 bridgehead atoms. The van der Waals surface area contributed by atoms with Crippen LogP contribution < -0.4 is 5.32 Å². The van der Waals surface area contributed by atoms with Crippen LogP contribution in [0.5, 0.6) is 0 Å². The highest BCUT2D eigenvalue weighted by Gasteiger charge is 2.25. The number of aryl methyl sites for hydroxylation is 1. The van der Waals surface area contributed by atoms with E-state index in [-0.39, 0.29) is 36.8 Å². The van der Waals surface area contributed by atoms with E-state index in [4.69, 9.17) is 0 Å². The quantitative estimate of drug-likeness (QED) is 0.913. The van der Waals surface area contributed by atoms with Crippen molar-refractivity contribution in [3.63, 3.8) is 0 Å². The Hall–Kier alpha value is -1.36. The number of fused-ring (bicyclic) bond motifs is 1. The number of amides is 1. The molecule has 0 saturated carbocycles. The molecule has 3 rings (SSSR count). The molecule has 1 N–H and O–H groups in total. The summed E-state index contributed by atoms with van der Waals surface area (Å²) in [6.45, 7) is 3.79. The summed E-state index contributed by atoms with van der Waals surface area (Å²) < 4.78 is 0. The number of likely N-dealkylation sites (N-methyl/N-ethyl adjacent to an activating group) is 1. The van der Waals surface area contributed by atoms with Crippen molar-refractivity contribution in [1.29, 1.82) is 0 Å². The normalized spacial score (nSPS) is 16.7. The van der Waals surface area contributed by atoms with Gasteiger partial charge in [-0.3, -0.25) is 9.78 Å². The van der Waals surface area contributed by atoms with Crippen molar-refractivity contribution in [3.05, 3.63) is 41.6 Å². The fourth-order valence-corrected chi connectivity index (χ4v) is 2.81. The lowest BCUT2D eigenvalue weighted by atomic mass is 10.1. The number of nitrogens with one attached hydrogen (secondary N) is 1. The first-order valence-electron chi connectivity index (χ1n) is 7.01. The van der Waals surface area contributed by atoms with Crippen LogP contribution in [0.25, 0.3) is 10.9 Å². The van der Waals surface area contributed by atoms with Crippen LogP contribution in [-0.2, 0) is 0 Å². The number of nitrogens with zero attached hydrogens (tertiary/aromatic N) is 2. The van der Waals surface area contributed by atoms with Crippen molar-refractivity contribution in [2.45, 2.75) is 19.4 Å². The van der Waals surface area contributed by atoms with Gasteiger partial charge in [-0.15, -0.1) is 24.8 Å². The van der Waals surface area contributed by atoms with Gasteiger partial charge in [0.1, 0.15) is 0 Å². The zero-order valence-electron chi connectivity index (χ0n) is 12.7. The van der Waals surface area contributed by atoms with Gasteiger partial charge in [-0.2, -0.15) is 0 Å². The number of hydrogen-bond donors (Lipinski definition) is 1. The molecule has 1 aromatic carbocycles. The van der Waals surface area contributed by atoms with E-state index in [0.717, 1.165) is 41.7 Å². The Labute approximate surface area is 143 Å². The molecule has 1 fully saturated rings.